The van der Waals surface area contributed by atoms with Crippen LogP contribution in [0, 0.1) is 0 Å². The minimum absolute atomic E-state index is 0.0422. The molecular weight excluding hydrogens is 628 g/mol. The molecule has 45 heavy (non-hydrogen) atoms. The zero-order valence-electron chi connectivity index (χ0n) is 24.1. The molecule has 1 unspecified atom stereocenters. The van der Waals surface area contributed by atoms with Gasteiger partial charge in [0.05, 0.1) is 17.7 Å². The van der Waals surface area contributed by atoms with Crippen molar-refractivity contribution < 1.29 is 39.0 Å². The Balaban J connectivity index is 1.27. The van der Waals surface area contributed by atoms with E-state index in [-0.39, 0.29) is 53.2 Å². The Morgan fingerprint density at radius 1 is 1.18 bits per heavy atom. The SMILES string of the molecule is CN(C)CCn1nnnc1C1=C(C(=O)O)N2C(=O)[C@@](C=S)(NC(=O)CCCC(C(=O)O)N3C(=O)c4ccccc4C3=O)[C@@H]2SC1. The molecule has 236 valence electrons. The van der Waals surface area contributed by atoms with Gasteiger partial charge in [0, 0.05) is 29.7 Å². The third-order valence-electron chi connectivity index (χ3n) is 7.71. The summed E-state index contributed by atoms with van der Waals surface area (Å²) in [6.45, 7) is 0.959. The Morgan fingerprint density at radius 2 is 1.84 bits per heavy atom. The summed E-state index contributed by atoms with van der Waals surface area (Å²) in [6.07, 6.45) is -0.510. The zero-order chi connectivity index (χ0) is 32.6. The number of carboxylic acids is 2. The van der Waals surface area contributed by atoms with Crippen LogP contribution in [0.15, 0.2) is 30.0 Å². The van der Waals surface area contributed by atoms with Gasteiger partial charge in [-0.3, -0.25) is 29.0 Å². The summed E-state index contributed by atoms with van der Waals surface area (Å²) < 4.78 is 1.46. The molecule has 4 heterocycles. The normalized spacial score (nSPS) is 21.4. The molecule has 0 bridgehead atoms. The molecule has 2 aromatic rings. The molecule has 0 aliphatic carbocycles. The summed E-state index contributed by atoms with van der Waals surface area (Å²) >= 11 is 6.34. The van der Waals surface area contributed by atoms with E-state index in [1.807, 2.05) is 19.0 Å². The van der Waals surface area contributed by atoms with Crippen LogP contribution in [0.1, 0.15) is 45.8 Å². The number of likely N-dealkylation sites (N-methyl/N-ethyl adjacent to an activating group) is 1. The second kappa shape index (κ2) is 12.4. The summed E-state index contributed by atoms with van der Waals surface area (Å²) in [4.78, 5) is 80.2. The second-order valence-corrected chi connectivity index (χ2v) is 12.1. The lowest BCUT2D eigenvalue weighted by Crippen LogP contribution is -2.80. The Morgan fingerprint density at radius 3 is 2.42 bits per heavy atom. The van der Waals surface area contributed by atoms with Gasteiger partial charge in [0.2, 0.25) is 5.91 Å². The van der Waals surface area contributed by atoms with Gasteiger partial charge in [-0.05, 0) is 49.5 Å². The van der Waals surface area contributed by atoms with E-state index in [9.17, 15) is 39.0 Å². The predicted octanol–water partition coefficient (Wildman–Crippen LogP) is -0.280. The summed E-state index contributed by atoms with van der Waals surface area (Å²) in [5.41, 5.74) is -1.53. The number of aromatic nitrogens is 4. The quantitative estimate of drug-likeness (QED) is 0.144. The van der Waals surface area contributed by atoms with Crippen molar-refractivity contribution >= 4 is 70.5 Å². The first-order chi connectivity index (χ1) is 21.4. The molecule has 5 rings (SSSR count). The number of nitrogens with zero attached hydrogens (tertiary/aromatic N) is 7. The first kappa shape index (κ1) is 31.9. The number of amides is 4. The molecule has 3 N–H and O–H groups in total. The number of imide groups is 1. The number of fused-ring (bicyclic) bond motifs is 2. The van der Waals surface area contributed by atoms with Crippen LogP contribution >= 0.6 is 24.0 Å². The fourth-order valence-corrected chi connectivity index (χ4v) is 7.28. The highest BCUT2D eigenvalue weighted by Crippen LogP contribution is 2.47. The number of nitrogens with one attached hydrogen (secondary N) is 1. The molecule has 0 saturated carbocycles. The van der Waals surface area contributed by atoms with Gasteiger partial charge >= 0.3 is 11.9 Å². The Hall–Kier alpha value is -4.55. The van der Waals surface area contributed by atoms with E-state index in [4.69, 9.17) is 12.2 Å². The first-order valence-electron chi connectivity index (χ1n) is 13.7. The molecule has 0 radical (unpaired) electrons. The summed E-state index contributed by atoms with van der Waals surface area (Å²) in [7, 11) is 3.73. The van der Waals surface area contributed by atoms with Crippen LogP contribution in [0.2, 0.25) is 0 Å². The van der Waals surface area contributed by atoms with Crippen LogP contribution in [0.25, 0.3) is 5.57 Å². The van der Waals surface area contributed by atoms with Gasteiger partial charge < -0.3 is 20.4 Å². The van der Waals surface area contributed by atoms with Crippen LogP contribution in [-0.2, 0) is 25.7 Å². The van der Waals surface area contributed by atoms with Gasteiger partial charge in [0.25, 0.3) is 17.7 Å². The second-order valence-electron chi connectivity index (χ2n) is 10.8. The van der Waals surface area contributed by atoms with Crippen molar-refractivity contribution in [2.75, 3.05) is 26.4 Å². The molecule has 3 aliphatic heterocycles. The molecule has 16 nitrogen and oxygen atoms in total. The summed E-state index contributed by atoms with van der Waals surface area (Å²) in [5, 5.41) is 34.4. The van der Waals surface area contributed by atoms with Gasteiger partial charge in [0.1, 0.15) is 17.1 Å². The van der Waals surface area contributed by atoms with E-state index in [1.165, 1.54) is 28.6 Å². The van der Waals surface area contributed by atoms with Crippen molar-refractivity contribution in [3.63, 3.8) is 0 Å². The van der Waals surface area contributed by atoms with Crippen molar-refractivity contribution in [1.29, 1.82) is 0 Å². The van der Waals surface area contributed by atoms with Crippen molar-refractivity contribution in [2.45, 2.75) is 42.8 Å². The number of benzene rings is 1. The molecular formula is C27H28N8O8S2. The van der Waals surface area contributed by atoms with Gasteiger partial charge in [-0.2, -0.15) is 0 Å². The van der Waals surface area contributed by atoms with Crippen LogP contribution in [-0.4, -0.2) is 129 Å². The maximum absolute atomic E-state index is 13.5. The fraction of sp³-hybridized carbons (Fsp3) is 0.407. The number of hydrogen-bond acceptors (Lipinski definition) is 12. The zero-order valence-corrected chi connectivity index (χ0v) is 25.7. The van der Waals surface area contributed by atoms with Gasteiger partial charge in [-0.25, -0.2) is 14.3 Å². The number of hydrogen-bond donors (Lipinski definition) is 3. The monoisotopic (exact) mass is 656 g/mol. The highest BCUT2D eigenvalue weighted by Gasteiger charge is 2.64. The van der Waals surface area contributed by atoms with Crippen LogP contribution in [0.3, 0.4) is 0 Å². The number of β-lactam (4-membered cyclic amide) rings is 1. The number of rotatable bonds is 13. The topological polar surface area (TPSA) is 208 Å². The maximum atomic E-state index is 13.5. The van der Waals surface area contributed by atoms with E-state index < -0.39 is 52.5 Å². The molecule has 4 amide bonds. The highest BCUT2D eigenvalue weighted by atomic mass is 32.2. The van der Waals surface area contributed by atoms with Crippen molar-refractivity contribution in [3.05, 3.63) is 46.9 Å². The molecule has 3 atom stereocenters. The lowest BCUT2D eigenvalue weighted by Gasteiger charge is -2.55. The number of carboxylic acid groups (broad SMARTS) is 2. The third-order valence-corrected chi connectivity index (χ3v) is 9.43. The third kappa shape index (κ3) is 5.48. The Kier molecular flexibility index (Phi) is 8.81. The van der Waals surface area contributed by atoms with Crippen molar-refractivity contribution in [1.82, 2.24) is 40.2 Å². The van der Waals surface area contributed by atoms with E-state index in [0.29, 0.717) is 18.0 Å². The lowest BCUT2D eigenvalue weighted by atomic mass is 9.87. The number of carbonyl (C=O) groups excluding carboxylic acids is 4. The molecule has 1 fully saturated rings. The minimum Gasteiger partial charge on any atom is -0.480 e. The van der Waals surface area contributed by atoms with Gasteiger partial charge in [-0.1, -0.05) is 24.4 Å². The van der Waals surface area contributed by atoms with Crippen LogP contribution in [0.4, 0.5) is 0 Å². The van der Waals surface area contributed by atoms with E-state index in [0.717, 1.165) is 10.3 Å². The number of thioether (sulfide) groups is 1. The molecule has 1 aromatic carbocycles. The molecule has 18 heteroatoms. The first-order valence-corrected chi connectivity index (χ1v) is 15.2. The summed E-state index contributed by atoms with van der Waals surface area (Å²) in [6, 6.07) is 4.51. The number of tetrazole rings is 1. The van der Waals surface area contributed by atoms with Crippen molar-refractivity contribution in [3.8, 4) is 0 Å². The molecule has 3 aliphatic rings. The fourth-order valence-electron chi connectivity index (χ4n) is 5.47. The van der Waals surface area contributed by atoms with E-state index in [2.05, 4.69) is 20.8 Å². The standard InChI is InChI=1S/C27H28N8O8S2/c1-32(2)10-11-33-20(29-30-31-33)16-12-45-26-27(13-44,25(43)35(26)19(16)24(41)42)28-18(36)9-5-8-17(23(39)40)34-21(37)14-6-3-4-7-15(14)22(34)38/h3-4,6-7,13,17,26H,5,8-12H2,1-2H3,(H,28,36)(H,39,40)(H,41,42)/t17?,26-,27+/m0/s1. The molecule has 0 spiro atoms. The predicted molar refractivity (Wildman–Crippen MR) is 161 cm³/mol. The average molecular weight is 657 g/mol. The van der Waals surface area contributed by atoms with Gasteiger partial charge in [-0.15, -0.1) is 16.9 Å². The largest absolute Gasteiger partial charge is 0.480 e. The van der Waals surface area contributed by atoms with E-state index in [1.54, 1.807) is 12.1 Å². The molecule has 1 saturated heterocycles. The number of aliphatic carboxylic acids is 2. The van der Waals surface area contributed by atoms with Crippen molar-refractivity contribution in [2.24, 2.45) is 0 Å². The Labute approximate surface area is 265 Å². The smallest absolute Gasteiger partial charge is 0.353 e. The molecule has 1 aromatic heterocycles. The average Bonchev–Trinajstić information content (AvgIpc) is 3.58. The number of thiocarbonyl (C=S) groups is 1. The van der Waals surface area contributed by atoms with Crippen LogP contribution < -0.4 is 5.32 Å². The number of carbonyl (C=O) groups is 6. The lowest BCUT2D eigenvalue weighted by molar-refractivity contribution is -0.153. The van der Waals surface area contributed by atoms with E-state index >= 15 is 0 Å². The highest BCUT2D eigenvalue weighted by molar-refractivity contribution is 8.00. The maximum Gasteiger partial charge on any atom is 0.353 e. The van der Waals surface area contributed by atoms with Gasteiger partial charge in [0.15, 0.2) is 11.4 Å². The minimum atomic E-state index is -1.69. The van der Waals surface area contributed by atoms with Crippen LogP contribution in [0.5, 0.6) is 0 Å². The Bertz CT molecular complexity index is 1620. The summed E-state index contributed by atoms with van der Waals surface area (Å²) in [5.74, 6) is -5.30.